The Kier molecular flexibility index (Phi) is 5.19. The smallest absolute Gasteiger partial charge is 0.321 e. The van der Waals surface area contributed by atoms with Gasteiger partial charge < -0.3 is 19.9 Å². The Morgan fingerprint density at radius 1 is 1.28 bits per heavy atom. The number of likely N-dealkylation sites (tertiary alicyclic amines) is 1. The minimum absolute atomic E-state index is 0.0402. The minimum atomic E-state index is -0.390. The van der Waals surface area contributed by atoms with E-state index in [2.05, 4.69) is 5.32 Å². The molecule has 2 atom stereocenters. The van der Waals surface area contributed by atoms with Crippen molar-refractivity contribution in [3.63, 3.8) is 0 Å². The van der Waals surface area contributed by atoms with E-state index in [1.54, 1.807) is 28.7 Å². The summed E-state index contributed by atoms with van der Waals surface area (Å²) in [6, 6.07) is 12.4. The molecule has 1 saturated heterocycles. The van der Waals surface area contributed by atoms with Gasteiger partial charge in [0, 0.05) is 37.0 Å². The highest BCUT2D eigenvalue weighted by molar-refractivity contribution is 5.89. The van der Waals surface area contributed by atoms with Crippen LogP contribution in [-0.2, 0) is 6.54 Å². The Hall–Kier alpha value is -2.60. The van der Waals surface area contributed by atoms with Crippen molar-refractivity contribution in [1.82, 2.24) is 9.47 Å². The second-order valence-corrected chi connectivity index (χ2v) is 6.53. The van der Waals surface area contributed by atoms with E-state index >= 15 is 0 Å². The van der Waals surface area contributed by atoms with Crippen LogP contribution < -0.4 is 10.9 Å². The van der Waals surface area contributed by atoms with Gasteiger partial charge in [0.25, 0.3) is 5.56 Å². The highest BCUT2D eigenvalue weighted by Crippen LogP contribution is 2.20. The van der Waals surface area contributed by atoms with Gasteiger partial charge in [-0.25, -0.2) is 4.79 Å². The molecule has 1 aromatic carbocycles. The first-order chi connectivity index (χ1) is 12.0. The second kappa shape index (κ2) is 7.53. The van der Waals surface area contributed by atoms with Crippen LogP contribution in [-0.4, -0.2) is 39.8 Å². The van der Waals surface area contributed by atoms with Crippen molar-refractivity contribution in [2.75, 3.05) is 18.4 Å². The summed E-state index contributed by atoms with van der Waals surface area (Å²) in [5, 5.41) is 12.5. The van der Waals surface area contributed by atoms with Gasteiger partial charge in [-0.15, -0.1) is 0 Å². The average Bonchev–Trinajstić information content (AvgIpc) is 3.09. The number of benzene rings is 1. The highest BCUT2D eigenvalue weighted by Gasteiger charge is 2.28. The number of nitrogens with zero attached hydrogens (tertiary/aromatic N) is 2. The SMILES string of the molecule is C[C@@H](O)[C@@H]1CCN(C(=O)Nc2ccc(Cn3ccccc3=O)cc2)C1. The van der Waals surface area contributed by atoms with Crippen molar-refractivity contribution < 1.29 is 9.90 Å². The molecule has 1 aromatic heterocycles. The fourth-order valence-electron chi connectivity index (χ4n) is 3.05. The second-order valence-electron chi connectivity index (χ2n) is 6.53. The van der Waals surface area contributed by atoms with Crippen LogP contribution in [0.15, 0.2) is 53.5 Å². The molecule has 0 unspecified atom stereocenters. The van der Waals surface area contributed by atoms with E-state index in [0.29, 0.717) is 19.6 Å². The summed E-state index contributed by atoms with van der Waals surface area (Å²) in [4.78, 5) is 25.8. The lowest BCUT2D eigenvalue weighted by molar-refractivity contribution is 0.130. The first-order valence-corrected chi connectivity index (χ1v) is 8.51. The standard InChI is InChI=1S/C19H23N3O3/c1-14(23)16-9-11-22(13-16)19(25)20-17-7-5-15(6-8-17)12-21-10-3-2-4-18(21)24/h2-8,10,14,16,23H,9,11-13H2,1H3,(H,20,25)/t14-,16-/m1/s1. The molecule has 0 bridgehead atoms. The lowest BCUT2D eigenvalue weighted by atomic mass is 10.0. The number of rotatable bonds is 4. The molecule has 25 heavy (non-hydrogen) atoms. The highest BCUT2D eigenvalue weighted by atomic mass is 16.3. The monoisotopic (exact) mass is 341 g/mol. The molecule has 1 aliphatic rings. The zero-order valence-electron chi connectivity index (χ0n) is 14.3. The summed E-state index contributed by atoms with van der Waals surface area (Å²) in [7, 11) is 0. The first kappa shape index (κ1) is 17.2. The molecule has 2 heterocycles. The molecule has 0 radical (unpaired) electrons. The molecule has 0 spiro atoms. The average molecular weight is 341 g/mol. The summed E-state index contributed by atoms with van der Waals surface area (Å²) in [5.41, 5.74) is 1.66. The van der Waals surface area contributed by atoms with E-state index in [4.69, 9.17) is 0 Å². The van der Waals surface area contributed by atoms with Crippen LogP contribution in [0.4, 0.5) is 10.5 Å². The summed E-state index contributed by atoms with van der Waals surface area (Å²) in [6.45, 7) is 3.51. The molecule has 0 aliphatic carbocycles. The Balaban J connectivity index is 1.58. The lowest BCUT2D eigenvalue weighted by Crippen LogP contribution is -2.34. The Bertz CT molecular complexity index is 783. The molecule has 0 saturated carbocycles. The molecule has 1 aliphatic heterocycles. The van der Waals surface area contributed by atoms with Crippen molar-refractivity contribution in [1.29, 1.82) is 0 Å². The van der Waals surface area contributed by atoms with E-state index in [0.717, 1.165) is 17.7 Å². The van der Waals surface area contributed by atoms with Crippen LogP contribution in [0.25, 0.3) is 0 Å². The van der Waals surface area contributed by atoms with Gasteiger partial charge in [-0.2, -0.15) is 0 Å². The number of aromatic nitrogens is 1. The molecule has 132 valence electrons. The third-order valence-electron chi connectivity index (χ3n) is 4.65. The maximum absolute atomic E-state index is 12.3. The number of urea groups is 1. The number of hydrogen-bond acceptors (Lipinski definition) is 3. The van der Waals surface area contributed by atoms with Gasteiger partial charge in [-0.05, 0) is 37.1 Å². The number of nitrogens with one attached hydrogen (secondary N) is 1. The van der Waals surface area contributed by atoms with Crippen molar-refractivity contribution in [3.05, 3.63) is 64.6 Å². The number of carbonyl (C=O) groups is 1. The summed E-state index contributed by atoms with van der Waals surface area (Å²) in [5.74, 6) is 0.150. The third kappa shape index (κ3) is 4.28. The molecular weight excluding hydrogens is 318 g/mol. The topological polar surface area (TPSA) is 74.6 Å². The van der Waals surface area contributed by atoms with Gasteiger partial charge in [0.05, 0.1) is 12.6 Å². The molecule has 2 amide bonds. The van der Waals surface area contributed by atoms with Gasteiger partial charge in [0.15, 0.2) is 0 Å². The van der Waals surface area contributed by atoms with Crippen LogP contribution in [0.3, 0.4) is 0 Å². The molecular formula is C19H23N3O3. The van der Waals surface area contributed by atoms with E-state index in [9.17, 15) is 14.7 Å². The first-order valence-electron chi connectivity index (χ1n) is 8.51. The summed E-state index contributed by atoms with van der Waals surface area (Å²) in [6.07, 6.45) is 2.19. The van der Waals surface area contributed by atoms with Gasteiger partial charge in [0.2, 0.25) is 0 Å². The fourth-order valence-corrected chi connectivity index (χ4v) is 3.05. The molecule has 2 N–H and O–H groups in total. The quantitative estimate of drug-likeness (QED) is 0.895. The van der Waals surface area contributed by atoms with Gasteiger partial charge >= 0.3 is 6.03 Å². The zero-order chi connectivity index (χ0) is 17.8. The summed E-state index contributed by atoms with van der Waals surface area (Å²) < 4.78 is 1.63. The van der Waals surface area contributed by atoms with Crippen LogP contribution in [0, 0.1) is 5.92 Å². The van der Waals surface area contributed by atoms with Crippen LogP contribution in [0.5, 0.6) is 0 Å². The van der Waals surface area contributed by atoms with Gasteiger partial charge in [0.1, 0.15) is 0 Å². The van der Waals surface area contributed by atoms with Crippen LogP contribution >= 0.6 is 0 Å². The van der Waals surface area contributed by atoms with E-state index in [-0.39, 0.29) is 17.5 Å². The third-order valence-corrected chi connectivity index (χ3v) is 4.65. The Morgan fingerprint density at radius 2 is 2.04 bits per heavy atom. The number of amides is 2. The minimum Gasteiger partial charge on any atom is -0.393 e. The maximum atomic E-state index is 12.3. The molecule has 2 aromatic rings. The fraction of sp³-hybridized carbons (Fsp3) is 0.368. The Morgan fingerprint density at radius 3 is 2.68 bits per heavy atom. The molecule has 6 nitrogen and oxygen atoms in total. The van der Waals surface area contributed by atoms with E-state index in [1.165, 1.54) is 6.07 Å². The maximum Gasteiger partial charge on any atom is 0.321 e. The van der Waals surface area contributed by atoms with Crippen molar-refractivity contribution in [3.8, 4) is 0 Å². The van der Waals surface area contributed by atoms with Crippen molar-refractivity contribution in [2.45, 2.75) is 26.0 Å². The predicted octanol–water partition coefficient (Wildman–Crippen LogP) is 2.13. The predicted molar refractivity (Wildman–Crippen MR) is 96.6 cm³/mol. The molecule has 6 heteroatoms. The van der Waals surface area contributed by atoms with Gasteiger partial charge in [-0.1, -0.05) is 18.2 Å². The van der Waals surface area contributed by atoms with Crippen LogP contribution in [0.2, 0.25) is 0 Å². The van der Waals surface area contributed by atoms with Crippen molar-refractivity contribution >= 4 is 11.7 Å². The summed E-state index contributed by atoms with van der Waals surface area (Å²) >= 11 is 0. The Labute approximate surface area is 146 Å². The number of pyridine rings is 1. The number of aliphatic hydroxyl groups excluding tert-OH is 1. The number of aliphatic hydroxyl groups is 1. The van der Waals surface area contributed by atoms with Gasteiger partial charge in [-0.3, -0.25) is 4.79 Å². The number of anilines is 1. The lowest BCUT2D eigenvalue weighted by Gasteiger charge is -2.18. The normalized spacial score (nSPS) is 18.2. The largest absolute Gasteiger partial charge is 0.393 e. The van der Waals surface area contributed by atoms with E-state index < -0.39 is 6.10 Å². The zero-order valence-corrected chi connectivity index (χ0v) is 14.3. The van der Waals surface area contributed by atoms with E-state index in [1.807, 2.05) is 30.3 Å². The number of hydrogen-bond donors (Lipinski definition) is 2. The number of carbonyl (C=O) groups excluding carboxylic acids is 1. The molecule has 3 rings (SSSR count). The molecule has 1 fully saturated rings. The van der Waals surface area contributed by atoms with Crippen molar-refractivity contribution in [2.24, 2.45) is 5.92 Å². The van der Waals surface area contributed by atoms with Crippen LogP contribution in [0.1, 0.15) is 18.9 Å².